The van der Waals surface area contributed by atoms with Gasteiger partial charge in [0.1, 0.15) is 11.6 Å². The summed E-state index contributed by atoms with van der Waals surface area (Å²) in [6.45, 7) is 1.33. The molecule has 0 atom stereocenters. The van der Waals surface area contributed by atoms with Crippen LogP contribution in [0.4, 0.5) is 17.3 Å². The number of aromatic nitrogens is 1. The molecule has 0 spiro atoms. The van der Waals surface area contributed by atoms with Gasteiger partial charge >= 0.3 is 0 Å². The maximum absolute atomic E-state index is 10.8. The van der Waals surface area contributed by atoms with Crippen LogP contribution in [-0.2, 0) is 0 Å². The highest BCUT2D eigenvalue weighted by Gasteiger charge is 2.20. The summed E-state index contributed by atoms with van der Waals surface area (Å²) < 4.78 is 0. The maximum Gasteiger partial charge on any atom is 0.276 e. The normalized spacial score (nSPS) is 16.7. The van der Waals surface area contributed by atoms with Crippen LogP contribution in [-0.4, -0.2) is 41.3 Å². The van der Waals surface area contributed by atoms with Crippen molar-refractivity contribution in [2.75, 3.05) is 30.4 Å². The average molecular weight is 252 g/mol. The number of hydrogen-bond donors (Lipinski definition) is 2. The third kappa shape index (κ3) is 2.67. The molecule has 0 radical (unpaired) electrons. The zero-order chi connectivity index (χ0) is 13.1. The van der Waals surface area contributed by atoms with Crippen molar-refractivity contribution in [3.05, 3.63) is 22.2 Å². The van der Waals surface area contributed by atoms with Crippen molar-refractivity contribution in [3.63, 3.8) is 0 Å². The van der Waals surface area contributed by atoms with Gasteiger partial charge < -0.3 is 15.3 Å². The molecule has 2 heterocycles. The lowest BCUT2D eigenvalue weighted by Crippen LogP contribution is -2.36. The largest absolute Gasteiger partial charge is 0.393 e. The molecule has 1 fully saturated rings. The van der Waals surface area contributed by atoms with Gasteiger partial charge in [0.25, 0.3) is 5.69 Å². The maximum atomic E-state index is 10.8. The van der Waals surface area contributed by atoms with E-state index in [9.17, 15) is 15.2 Å². The molecular formula is C11H16N4O3. The molecule has 1 aromatic heterocycles. The molecular weight excluding hydrogens is 236 g/mol. The third-order valence-electron chi connectivity index (χ3n) is 3.05. The molecule has 1 aliphatic rings. The fraction of sp³-hybridized carbons (Fsp3) is 0.545. The van der Waals surface area contributed by atoms with E-state index in [1.807, 2.05) is 4.90 Å². The molecule has 1 aromatic rings. The Morgan fingerprint density at radius 3 is 2.72 bits per heavy atom. The highest BCUT2D eigenvalue weighted by Crippen LogP contribution is 2.25. The van der Waals surface area contributed by atoms with Gasteiger partial charge in [0.15, 0.2) is 0 Å². The van der Waals surface area contributed by atoms with Gasteiger partial charge in [0.05, 0.1) is 23.2 Å². The van der Waals surface area contributed by atoms with E-state index in [1.165, 1.54) is 12.1 Å². The van der Waals surface area contributed by atoms with Gasteiger partial charge in [-0.15, -0.1) is 0 Å². The Balaban J connectivity index is 2.26. The Labute approximate surface area is 105 Å². The van der Waals surface area contributed by atoms with Crippen molar-refractivity contribution in [2.24, 2.45) is 0 Å². The van der Waals surface area contributed by atoms with E-state index in [1.54, 1.807) is 7.05 Å². The molecule has 0 unspecified atom stereocenters. The molecule has 0 saturated carbocycles. The SMILES string of the molecule is CNc1cc([N+](=O)[O-])cc(N2CCC(O)CC2)n1. The first-order valence-corrected chi connectivity index (χ1v) is 5.87. The van der Waals surface area contributed by atoms with Gasteiger partial charge in [-0.2, -0.15) is 0 Å². The van der Waals surface area contributed by atoms with Crippen molar-refractivity contribution in [1.82, 2.24) is 4.98 Å². The molecule has 7 nitrogen and oxygen atoms in total. The zero-order valence-electron chi connectivity index (χ0n) is 10.2. The number of hydrogen-bond acceptors (Lipinski definition) is 6. The number of aliphatic hydroxyl groups is 1. The van der Waals surface area contributed by atoms with Crippen molar-refractivity contribution >= 4 is 17.3 Å². The van der Waals surface area contributed by atoms with E-state index in [0.717, 1.165) is 0 Å². The molecule has 98 valence electrons. The second-order valence-corrected chi connectivity index (χ2v) is 4.29. The fourth-order valence-corrected chi connectivity index (χ4v) is 1.99. The number of rotatable bonds is 3. The molecule has 2 rings (SSSR count). The minimum absolute atomic E-state index is 0.0236. The molecule has 1 saturated heterocycles. The summed E-state index contributed by atoms with van der Waals surface area (Å²) in [6.07, 6.45) is 1.06. The van der Waals surface area contributed by atoms with E-state index in [4.69, 9.17) is 0 Å². The summed E-state index contributed by atoms with van der Waals surface area (Å²) in [5.41, 5.74) is 0.0236. The van der Waals surface area contributed by atoms with Crippen LogP contribution in [0.25, 0.3) is 0 Å². The zero-order valence-corrected chi connectivity index (χ0v) is 10.2. The van der Waals surface area contributed by atoms with Gasteiger partial charge in [-0.3, -0.25) is 10.1 Å². The quantitative estimate of drug-likeness (QED) is 0.615. The smallest absolute Gasteiger partial charge is 0.276 e. The van der Waals surface area contributed by atoms with Gasteiger partial charge in [0, 0.05) is 20.1 Å². The number of nitrogens with one attached hydrogen (secondary N) is 1. The third-order valence-corrected chi connectivity index (χ3v) is 3.05. The minimum atomic E-state index is -0.426. The van der Waals surface area contributed by atoms with Crippen molar-refractivity contribution < 1.29 is 10.0 Å². The number of anilines is 2. The van der Waals surface area contributed by atoms with Crippen LogP contribution in [0.3, 0.4) is 0 Å². The fourth-order valence-electron chi connectivity index (χ4n) is 1.99. The summed E-state index contributed by atoms with van der Waals surface area (Å²) in [6, 6.07) is 2.88. The highest BCUT2D eigenvalue weighted by atomic mass is 16.6. The lowest BCUT2D eigenvalue weighted by atomic mass is 10.1. The Hall–Kier alpha value is -1.89. The second kappa shape index (κ2) is 5.18. The number of nitrogens with zero attached hydrogens (tertiary/aromatic N) is 3. The Morgan fingerprint density at radius 2 is 2.17 bits per heavy atom. The Bertz CT molecular complexity index is 444. The number of pyridine rings is 1. The molecule has 0 amide bonds. The van der Waals surface area contributed by atoms with Crippen LogP contribution in [0.2, 0.25) is 0 Å². The monoisotopic (exact) mass is 252 g/mol. The lowest BCUT2D eigenvalue weighted by molar-refractivity contribution is -0.384. The van der Waals surface area contributed by atoms with Crippen molar-refractivity contribution in [2.45, 2.75) is 18.9 Å². The van der Waals surface area contributed by atoms with Gasteiger partial charge in [0.2, 0.25) is 0 Å². The standard InChI is InChI=1S/C11H16N4O3/c1-12-10-6-8(15(17)18)7-11(13-10)14-4-2-9(16)3-5-14/h6-7,9,16H,2-5H2,1H3,(H,12,13). The number of piperidine rings is 1. The molecule has 1 aliphatic heterocycles. The predicted octanol–water partition coefficient (Wildman–Crippen LogP) is 0.993. The molecule has 18 heavy (non-hydrogen) atoms. The molecule has 0 aliphatic carbocycles. The van der Waals surface area contributed by atoms with E-state index in [-0.39, 0.29) is 11.8 Å². The molecule has 7 heteroatoms. The van der Waals surface area contributed by atoms with E-state index in [0.29, 0.717) is 37.6 Å². The summed E-state index contributed by atoms with van der Waals surface area (Å²) in [7, 11) is 1.68. The molecule has 0 bridgehead atoms. The predicted molar refractivity (Wildman–Crippen MR) is 67.9 cm³/mol. The first-order chi connectivity index (χ1) is 8.60. The van der Waals surface area contributed by atoms with Crippen molar-refractivity contribution in [1.29, 1.82) is 0 Å². The van der Waals surface area contributed by atoms with Crippen LogP contribution in [0.1, 0.15) is 12.8 Å². The van der Waals surface area contributed by atoms with Gasteiger partial charge in [-0.1, -0.05) is 0 Å². The van der Waals surface area contributed by atoms with Gasteiger partial charge in [-0.25, -0.2) is 4.98 Å². The average Bonchev–Trinajstić information content (AvgIpc) is 2.39. The topological polar surface area (TPSA) is 91.5 Å². The minimum Gasteiger partial charge on any atom is -0.393 e. The first kappa shape index (κ1) is 12.6. The highest BCUT2D eigenvalue weighted by molar-refractivity contribution is 5.55. The second-order valence-electron chi connectivity index (χ2n) is 4.29. The van der Waals surface area contributed by atoms with E-state index in [2.05, 4.69) is 10.3 Å². The summed E-state index contributed by atoms with van der Waals surface area (Å²) in [4.78, 5) is 16.7. The summed E-state index contributed by atoms with van der Waals surface area (Å²) in [5.74, 6) is 1.06. The number of aliphatic hydroxyl groups excluding tert-OH is 1. The van der Waals surface area contributed by atoms with Gasteiger partial charge in [-0.05, 0) is 12.8 Å². The summed E-state index contributed by atoms with van der Waals surface area (Å²) in [5, 5.41) is 23.1. The van der Waals surface area contributed by atoms with Crippen LogP contribution < -0.4 is 10.2 Å². The summed E-state index contributed by atoms with van der Waals surface area (Å²) >= 11 is 0. The number of nitro groups is 1. The molecule has 2 N–H and O–H groups in total. The van der Waals surface area contributed by atoms with Crippen LogP contribution in [0.15, 0.2) is 12.1 Å². The van der Waals surface area contributed by atoms with E-state index >= 15 is 0 Å². The van der Waals surface area contributed by atoms with Crippen molar-refractivity contribution in [3.8, 4) is 0 Å². The van der Waals surface area contributed by atoms with Crippen LogP contribution >= 0.6 is 0 Å². The van der Waals surface area contributed by atoms with E-state index < -0.39 is 4.92 Å². The van der Waals surface area contributed by atoms with Crippen LogP contribution in [0.5, 0.6) is 0 Å². The Morgan fingerprint density at radius 1 is 1.50 bits per heavy atom. The first-order valence-electron chi connectivity index (χ1n) is 5.87. The Kier molecular flexibility index (Phi) is 3.61. The molecule has 0 aromatic carbocycles. The van der Waals surface area contributed by atoms with Crippen LogP contribution in [0, 0.1) is 10.1 Å². The lowest BCUT2D eigenvalue weighted by Gasteiger charge is -2.30.